The van der Waals surface area contributed by atoms with Crippen molar-refractivity contribution < 1.29 is 33.9 Å². The maximum Gasteiger partial charge on any atom is 0.262 e. The van der Waals surface area contributed by atoms with Crippen molar-refractivity contribution in [1.82, 2.24) is 5.32 Å². The van der Waals surface area contributed by atoms with Crippen LogP contribution in [0, 0.1) is 0 Å². The number of phosphoric acid groups is 1. The van der Waals surface area contributed by atoms with Gasteiger partial charge in [-0.25, -0.2) is 5.21 Å². The summed E-state index contributed by atoms with van der Waals surface area (Å²) in [5, 5.41) is 13.2. The maximum atomic E-state index is 12.2. The zero-order valence-corrected chi connectivity index (χ0v) is 23.5. The van der Waals surface area contributed by atoms with E-state index in [4.69, 9.17) is 19.2 Å². The van der Waals surface area contributed by atoms with E-state index >= 15 is 0 Å². The predicted octanol–water partition coefficient (Wildman–Crippen LogP) is 5.44. The van der Waals surface area contributed by atoms with Gasteiger partial charge in [0.25, 0.3) is 7.82 Å². The summed E-state index contributed by atoms with van der Waals surface area (Å²) >= 11 is 0. The molecule has 0 aliphatic heterocycles. The second-order valence-electron chi connectivity index (χ2n) is 9.99. The van der Waals surface area contributed by atoms with Crippen molar-refractivity contribution in [2.75, 3.05) is 14.1 Å². The van der Waals surface area contributed by atoms with E-state index in [1.165, 1.54) is 83.5 Å². The van der Waals surface area contributed by atoms with Gasteiger partial charge in [-0.1, -0.05) is 104 Å². The molecule has 0 radical (unpaired) electrons. The fraction of sp³-hybridized carbons (Fsp3) is 0.960. The molecule has 0 aliphatic carbocycles. The molecule has 206 valence electrons. The van der Waals surface area contributed by atoms with Crippen molar-refractivity contribution in [1.29, 1.82) is 0 Å². The maximum absolute atomic E-state index is 12.2. The molecule has 0 rings (SSSR count). The molecule has 0 saturated carbocycles. The van der Waals surface area contributed by atoms with Crippen LogP contribution in [0.1, 0.15) is 130 Å². The average Bonchev–Trinajstić information content (AvgIpc) is 2.72. The molecule has 0 bridgehead atoms. The Labute approximate surface area is 209 Å². The minimum absolute atomic E-state index is 0.00925. The molecule has 0 spiro atoms. The summed E-state index contributed by atoms with van der Waals surface area (Å²) in [5.74, 6) is 0.131. The Morgan fingerprint density at radius 3 is 1.44 bits per heavy atom. The number of unbranched alkanes of at least 4 members (excludes halogenated alkanes) is 14. The van der Waals surface area contributed by atoms with Gasteiger partial charge in [0.1, 0.15) is 6.04 Å². The lowest BCUT2D eigenvalue weighted by Gasteiger charge is -2.33. The fourth-order valence-electron chi connectivity index (χ4n) is 3.94. The largest absolute Gasteiger partial charge is 0.756 e. The van der Waals surface area contributed by atoms with Crippen molar-refractivity contribution in [2.45, 2.75) is 142 Å². The lowest BCUT2D eigenvalue weighted by molar-refractivity contribution is -1.09. The molecule has 1 amide bonds. The number of rotatable bonds is 20. The van der Waals surface area contributed by atoms with Gasteiger partial charge < -0.3 is 20.0 Å². The summed E-state index contributed by atoms with van der Waals surface area (Å²) in [6.45, 7) is 6.33. The molecule has 4 N–H and O–H groups in total. The van der Waals surface area contributed by atoms with Gasteiger partial charge in [0, 0.05) is 6.42 Å². The van der Waals surface area contributed by atoms with E-state index in [2.05, 4.69) is 19.2 Å². The first-order valence-electron chi connectivity index (χ1n) is 13.4. The number of hydrogen-bond donors (Lipinski definition) is 4. The van der Waals surface area contributed by atoms with Crippen LogP contribution in [0.5, 0.6) is 0 Å². The summed E-state index contributed by atoms with van der Waals surface area (Å²) in [4.78, 5) is 35.1. The lowest BCUT2D eigenvalue weighted by Crippen LogP contribution is -2.55. The van der Waals surface area contributed by atoms with Gasteiger partial charge in [-0.05, 0) is 19.8 Å². The number of nitrogens with zero attached hydrogens (tertiary/aromatic N) is 1. The quantitative estimate of drug-likeness (QED) is 0.0747. The average molecular weight is 511 g/mol. The first kappa shape index (κ1) is 35.7. The van der Waals surface area contributed by atoms with Gasteiger partial charge in [-0.3, -0.25) is 9.36 Å². The summed E-state index contributed by atoms with van der Waals surface area (Å²) in [6.07, 6.45) is 21.6. The third-order valence-electron chi connectivity index (χ3n) is 6.37. The Balaban J connectivity index is 0. The summed E-state index contributed by atoms with van der Waals surface area (Å²) in [5.41, 5.74) is 0. The van der Waals surface area contributed by atoms with Crippen molar-refractivity contribution >= 4 is 13.7 Å². The molecule has 0 aliphatic rings. The topological polar surface area (TPSA) is 130 Å². The molecule has 9 heteroatoms. The first-order valence-corrected chi connectivity index (χ1v) is 15.0. The van der Waals surface area contributed by atoms with Gasteiger partial charge in [-0.15, -0.1) is 0 Å². The Morgan fingerprint density at radius 2 is 1.15 bits per heavy atom. The van der Waals surface area contributed by atoms with Crippen LogP contribution in [0.25, 0.3) is 0 Å². The number of hydrogen-bond acceptors (Lipinski definition) is 4. The molecule has 0 aromatic carbocycles. The normalized spacial score (nSPS) is 13.7. The molecular weight excluding hydrogens is 455 g/mol. The van der Waals surface area contributed by atoms with Crippen molar-refractivity contribution in [3.05, 3.63) is 0 Å². The highest BCUT2D eigenvalue weighted by atomic mass is 31.2. The number of likely N-dealkylation sites (N-methyl/N-ethyl adjacent to an activating group) is 1. The van der Waals surface area contributed by atoms with E-state index in [1.807, 2.05) is 6.92 Å². The van der Waals surface area contributed by atoms with Crippen LogP contribution in [-0.4, -0.2) is 51.7 Å². The number of hydroxylamine groups is 3. The van der Waals surface area contributed by atoms with Gasteiger partial charge in [0.05, 0.1) is 20.1 Å². The third kappa shape index (κ3) is 27.7. The highest BCUT2D eigenvalue weighted by molar-refractivity contribution is 7.43. The van der Waals surface area contributed by atoms with Crippen LogP contribution in [0.4, 0.5) is 0 Å². The summed E-state index contributed by atoms with van der Waals surface area (Å²) in [7, 11) is -1.37. The first-order chi connectivity index (χ1) is 15.8. The Morgan fingerprint density at radius 1 is 0.824 bits per heavy atom. The molecule has 0 aromatic rings. The number of carbonyl (C=O) groups excluding carboxylic acids is 1. The minimum Gasteiger partial charge on any atom is -0.756 e. The molecule has 0 fully saturated rings. The molecule has 0 aromatic heterocycles. The van der Waals surface area contributed by atoms with Crippen LogP contribution >= 0.6 is 7.82 Å². The van der Waals surface area contributed by atoms with E-state index in [9.17, 15) is 10.0 Å². The zero-order chi connectivity index (χ0) is 26.5. The van der Waals surface area contributed by atoms with Crippen molar-refractivity contribution in [3.8, 4) is 0 Å². The highest BCUT2D eigenvalue weighted by Gasteiger charge is 2.30. The van der Waals surface area contributed by atoms with Crippen LogP contribution in [0.15, 0.2) is 0 Å². The molecule has 0 heterocycles. The zero-order valence-electron chi connectivity index (χ0n) is 22.6. The monoisotopic (exact) mass is 510 g/mol. The molecule has 2 atom stereocenters. The SMILES string of the molecule is CCCCCCCCCCCCCCCCCC(=O)NC(CC)C(C)[N+](C)(C)O.O=P([O-])(O)O. The van der Waals surface area contributed by atoms with Crippen LogP contribution in [-0.2, 0) is 9.36 Å². The Kier molecular flexibility index (Phi) is 22.8. The number of carbonyl (C=O) groups is 1. The van der Waals surface area contributed by atoms with E-state index in [-0.39, 0.29) is 22.6 Å². The Bertz CT molecular complexity index is 514. The molecule has 8 nitrogen and oxygen atoms in total. The highest BCUT2D eigenvalue weighted by Crippen LogP contribution is 2.19. The smallest absolute Gasteiger partial charge is 0.262 e. The lowest BCUT2D eigenvalue weighted by atomic mass is 10.0. The van der Waals surface area contributed by atoms with Gasteiger partial charge in [0.2, 0.25) is 5.91 Å². The summed E-state index contributed by atoms with van der Waals surface area (Å²) < 4.78 is 8.66. The second-order valence-corrected chi connectivity index (χ2v) is 11.0. The molecule has 0 saturated heterocycles. The molecule has 34 heavy (non-hydrogen) atoms. The van der Waals surface area contributed by atoms with E-state index in [0.29, 0.717) is 6.42 Å². The van der Waals surface area contributed by atoms with Gasteiger partial charge >= 0.3 is 0 Å². The van der Waals surface area contributed by atoms with E-state index in [0.717, 1.165) is 19.3 Å². The van der Waals surface area contributed by atoms with Crippen LogP contribution < -0.4 is 10.2 Å². The number of nitrogens with one attached hydrogen (secondary N) is 1. The van der Waals surface area contributed by atoms with Crippen LogP contribution in [0.2, 0.25) is 0 Å². The van der Waals surface area contributed by atoms with E-state index in [1.54, 1.807) is 14.1 Å². The van der Waals surface area contributed by atoms with Crippen molar-refractivity contribution in [2.24, 2.45) is 0 Å². The van der Waals surface area contributed by atoms with Crippen molar-refractivity contribution in [3.63, 3.8) is 0 Å². The minimum atomic E-state index is -4.89. The van der Waals surface area contributed by atoms with Gasteiger partial charge in [-0.2, -0.15) is 4.65 Å². The fourth-order valence-corrected chi connectivity index (χ4v) is 3.94. The third-order valence-corrected chi connectivity index (χ3v) is 6.37. The number of amides is 1. The molecule has 2 unspecified atom stereocenters. The second kappa shape index (κ2) is 21.8. The summed E-state index contributed by atoms with van der Waals surface area (Å²) in [6, 6.07) is 0.0175. The predicted molar refractivity (Wildman–Crippen MR) is 137 cm³/mol. The van der Waals surface area contributed by atoms with E-state index < -0.39 is 7.82 Å². The standard InChI is InChI=1S/C25H52N2O2.H3O4P/c1-6-8-9-10-11-12-13-14-15-16-17-18-19-20-21-22-25(28)26-24(7-2)23(3)27(4,5)29;1-5(2,3)4/h23-24,29H,6-22H2,1-5H3;(H3,1,2,3,4). The Hall–Kier alpha value is -0.500. The van der Waals surface area contributed by atoms with Gasteiger partial charge in [0.15, 0.2) is 0 Å². The molecular formula is C25H55N2O6P. The van der Waals surface area contributed by atoms with Crippen LogP contribution in [0.3, 0.4) is 0 Å². The number of quaternary nitrogens is 1.